The molecular formula is C54H43N. The lowest BCUT2D eigenvalue weighted by Crippen LogP contribution is -2.16. The Kier molecular flexibility index (Phi) is 8.84. The van der Waals surface area contributed by atoms with Gasteiger partial charge in [-0.25, -0.2) is 0 Å². The Morgan fingerprint density at radius 1 is 0.327 bits per heavy atom. The average molecular weight is 706 g/mol. The van der Waals surface area contributed by atoms with Gasteiger partial charge in [0.05, 0.1) is 11.4 Å². The van der Waals surface area contributed by atoms with Crippen LogP contribution in [0.15, 0.2) is 206 Å². The zero-order valence-electron chi connectivity index (χ0n) is 31.6. The summed E-state index contributed by atoms with van der Waals surface area (Å²) < 4.78 is 0. The molecule has 0 N–H and O–H groups in total. The molecule has 0 fully saturated rings. The molecule has 0 saturated heterocycles. The van der Waals surface area contributed by atoms with Gasteiger partial charge in [0.1, 0.15) is 0 Å². The van der Waals surface area contributed by atoms with E-state index < -0.39 is 0 Å². The molecule has 0 aliphatic carbocycles. The van der Waals surface area contributed by atoms with E-state index in [1.54, 1.807) is 0 Å². The van der Waals surface area contributed by atoms with Gasteiger partial charge in [-0.3, -0.25) is 0 Å². The van der Waals surface area contributed by atoms with Crippen molar-refractivity contribution in [2.75, 3.05) is 4.90 Å². The van der Waals surface area contributed by atoms with Crippen LogP contribution in [0, 0.1) is 0 Å². The van der Waals surface area contributed by atoms with E-state index in [0.717, 1.165) is 17.1 Å². The van der Waals surface area contributed by atoms with Crippen molar-refractivity contribution in [2.45, 2.75) is 26.2 Å². The predicted octanol–water partition coefficient (Wildman–Crippen LogP) is 15.4. The highest BCUT2D eigenvalue weighted by atomic mass is 15.1. The summed E-state index contributed by atoms with van der Waals surface area (Å²) in [5.41, 5.74) is 14.2. The Labute approximate surface area is 324 Å². The molecule has 0 amide bonds. The van der Waals surface area contributed by atoms with Gasteiger partial charge in [0, 0.05) is 16.8 Å². The molecule has 0 saturated carbocycles. The molecule has 0 spiro atoms. The van der Waals surface area contributed by atoms with Crippen LogP contribution in [0.3, 0.4) is 0 Å². The van der Waals surface area contributed by atoms with Gasteiger partial charge in [-0.05, 0) is 96.2 Å². The first-order valence-corrected chi connectivity index (χ1v) is 19.2. The van der Waals surface area contributed by atoms with Crippen molar-refractivity contribution < 1.29 is 0 Å². The summed E-state index contributed by atoms with van der Waals surface area (Å²) in [5.74, 6) is 0. The fourth-order valence-electron chi connectivity index (χ4n) is 7.94. The van der Waals surface area contributed by atoms with Crippen LogP contribution in [0.1, 0.15) is 26.3 Å². The van der Waals surface area contributed by atoms with Crippen LogP contribution in [-0.4, -0.2) is 0 Å². The summed E-state index contributed by atoms with van der Waals surface area (Å²) in [6.45, 7) is 6.89. The summed E-state index contributed by atoms with van der Waals surface area (Å²) in [6.07, 6.45) is 0. The molecule has 9 aromatic carbocycles. The Balaban J connectivity index is 1.30. The normalized spacial score (nSPS) is 11.5. The third-order valence-corrected chi connectivity index (χ3v) is 10.8. The Hall–Kier alpha value is -6.70. The second kappa shape index (κ2) is 14.3. The topological polar surface area (TPSA) is 3.24 Å². The first kappa shape index (κ1) is 34.1. The third kappa shape index (κ3) is 6.60. The number of para-hydroxylation sites is 1. The zero-order chi connectivity index (χ0) is 37.4. The van der Waals surface area contributed by atoms with Crippen LogP contribution in [0.2, 0.25) is 0 Å². The lowest BCUT2D eigenvalue weighted by atomic mass is 9.85. The van der Waals surface area contributed by atoms with Crippen molar-refractivity contribution in [3.63, 3.8) is 0 Å². The van der Waals surface area contributed by atoms with Gasteiger partial charge >= 0.3 is 0 Å². The van der Waals surface area contributed by atoms with Crippen LogP contribution in [0.25, 0.3) is 66.1 Å². The Bertz CT molecular complexity index is 2770. The van der Waals surface area contributed by atoms with E-state index in [1.165, 1.54) is 71.6 Å². The molecule has 9 rings (SSSR count). The number of benzene rings is 9. The van der Waals surface area contributed by atoms with Crippen LogP contribution in [0.4, 0.5) is 17.1 Å². The molecule has 0 bridgehead atoms. The third-order valence-electron chi connectivity index (χ3n) is 10.8. The lowest BCUT2D eigenvalue weighted by molar-refractivity contribution is 0.590. The monoisotopic (exact) mass is 705 g/mol. The predicted molar refractivity (Wildman–Crippen MR) is 237 cm³/mol. The van der Waals surface area contributed by atoms with Crippen LogP contribution in [0.5, 0.6) is 0 Å². The van der Waals surface area contributed by atoms with Crippen molar-refractivity contribution >= 4 is 38.6 Å². The number of hydrogen-bond donors (Lipinski definition) is 0. The van der Waals surface area contributed by atoms with Crippen LogP contribution >= 0.6 is 0 Å². The van der Waals surface area contributed by atoms with E-state index in [-0.39, 0.29) is 5.41 Å². The Morgan fingerprint density at radius 3 is 1.60 bits per heavy atom. The van der Waals surface area contributed by atoms with Gasteiger partial charge < -0.3 is 4.90 Å². The molecule has 0 atom stereocenters. The molecule has 0 aliphatic heterocycles. The van der Waals surface area contributed by atoms with E-state index in [0.29, 0.717) is 0 Å². The second-order valence-corrected chi connectivity index (χ2v) is 15.4. The number of fused-ring (bicyclic) bond motifs is 2. The Morgan fingerprint density at radius 2 is 0.891 bits per heavy atom. The quantitative estimate of drug-likeness (QED) is 0.160. The van der Waals surface area contributed by atoms with E-state index >= 15 is 0 Å². The minimum absolute atomic E-state index is 0.0463. The molecule has 9 aromatic rings. The molecule has 0 aliphatic rings. The number of rotatable bonds is 7. The standard InChI is InChI=1S/C54H43N/c1-54(2,3)45-32-35-47(40-17-6-4-7-18-40)52(37-45)55(46-33-30-39(31-34-46)44-29-28-38-16-10-11-21-43(38)36-44)51-27-13-12-24-49(51)50-26-15-23-42-22-14-25-48(53(42)50)41-19-8-5-9-20-41/h4-37H,1-3H3. The first-order chi connectivity index (χ1) is 26.9. The summed E-state index contributed by atoms with van der Waals surface area (Å²) in [7, 11) is 0. The first-order valence-electron chi connectivity index (χ1n) is 19.2. The van der Waals surface area contributed by atoms with E-state index in [4.69, 9.17) is 0 Å². The maximum atomic E-state index is 2.49. The molecule has 0 heterocycles. The number of hydrogen-bond acceptors (Lipinski definition) is 1. The SMILES string of the molecule is CC(C)(C)c1ccc(-c2ccccc2)c(N(c2ccc(-c3ccc4ccccc4c3)cc2)c2ccccc2-c2cccc3cccc(-c4ccccc4)c23)c1. The minimum Gasteiger partial charge on any atom is -0.309 e. The summed E-state index contributed by atoms with van der Waals surface area (Å²) in [4.78, 5) is 2.49. The largest absolute Gasteiger partial charge is 0.309 e. The molecule has 1 heteroatoms. The summed E-state index contributed by atoms with van der Waals surface area (Å²) >= 11 is 0. The van der Waals surface area contributed by atoms with Gasteiger partial charge in [0.2, 0.25) is 0 Å². The van der Waals surface area contributed by atoms with E-state index in [1.807, 2.05) is 0 Å². The number of anilines is 3. The van der Waals surface area contributed by atoms with Gasteiger partial charge in [-0.1, -0.05) is 197 Å². The number of nitrogens with zero attached hydrogens (tertiary/aromatic N) is 1. The molecular weight excluding hydrogens is 663 g/mol. The van der Waals surface area contributed by atoms with Crippen molar-refractivity contribution in [3.8, 4) is 44.5 Å². The van der Waals surface area contributed by atoms with Gasteiger partial charge in [-0.2, -0.15) is 0 Å². The fourth-order valence-corrected chi connectivity index (χ4v) is 7.94. The van der Waals surface area contributed by atoms with Gasteiger partial charge in [-0.15, -0.1) is 0 Å². The van der Waals surface area contributed by atoms with Crippen LogP contribution < -0.4 is 4.90 Å². The second-order valence-electron chi connectivity index (χ2n) is 15.4. The minimum atomic E-state index is -0.0463. The average Bonchev–Trinajstić information content (AvgIpc) is 3.24. The van der Waals surface area contributed by atoms with Gasteiger partial charge in [0.25, 0.3) is 0 Å². The van der Waals surface area contributed by atoms with Crippen LogP contribution in [-0.2, 0) is 5.41 Å². The van der Waals surface area contributed by atoms with E-state index in [2.05, 4.69) is 232 Å². The summed E-state index contributed by atoms with van der Waals surface area (Å²) in [5, 5.41) is 4.97. The fraction of sp³-hybridized carbons (Fsp3) is 0.0741. The smallest absolute Gasteiger partial charge is 0.0543 e. The highest BCUT2D eigenvalue weighted by Gasteiger charge is 2.24. The van der Waals surface area contributed by atoms with Crippen molar-refractivity contribution in [2.24, 2.45) is 0 Å². The van der Waals surface area contributed by atoms with Gasteiger partial charge in [0.15, 0.2) is 0 Å². The van der Waals surface area contributed by atoms with Crippen molar-refractivity contribution in [3.05, 3.63) is 212 Å². The molecule has 0 radical (unpaired) electrons. The highest BCUT2D eigenvalue weighted by molar-refractivity contribution is 6.09. The highest BCUT2D eigenvalue weighted by Crippen LogP contribution is 2.48. The van der Waals surface area contributed by atoms with Crippen molar-refractivity contribution in [1.82, 2.24) is 0 Å². The molecule has 1 nitrogen and oxygen atoms in total. The lowest BCUT2D eigenvalue weighted by Gasteiger charge is -2.32. The molecule has 264 valence electrons. The van der Waals surface area contributed by atoms with Crippen molar-refractivity contribution in [1.29, 1.82) is 0 Å². The maximum absolute atomic E-state index is 2.49. The van der Waals surface area contributed by atoms with E-state index in [9.17, 15) is 0 Å². The molecule has 0 aromatic heterocycles. The maximum Gasteiger partial charge on any atom is 0.0543 e. The molecule has 0 unspecified atom stereocenters. The zero-order valence-corrected chi connectivity index (χ0v) is 31.6. The summed E-state index contributed by atoms with van der Waals surface area (Å²) in [6, 6.07) is 75.4. The molecule has 55 heavy (non-hydrogen) atoms.